The van der Waals surface area contributed by atoms with Crippen molar-refractivity contribution in [1.82, 2.24) is 0 Å². The lowest BCUT2D eigenvalue weighted by molar-refractivity contribution is 0.309. The van der Waals surface area contributed by atoms with Gasteiger partial charge in [0.15, 0.2) is 0 Å². The van der Waals surface area contributed by atoms with E-state index in [1.54, 1.807) is 18.2 Å². The predicted octanol–water partition coefficient (Wildman–Crippen LogP) is 3.83. The third-order valence-corrected chi connectivity index (χ3v) is 3.44. The molecule has 0 spiro atoms. The summed E-state index contributed by atoms with van der Waals surface area (Å²) in [6.45, 7) is 2.73. The zero-order chi connectivity index (χ0) is 14.8. The van der Waals surface area contributed by atoms with E-state index in [-0.39, 0.29) is 5.75 Å². The molecule has 0 radical (unpaired) electrons. The Labute approximate surface area is 121 Å². The Kier molecular flexibility index (Phi) is 3.52. The third-order valence-electron chi connectivity index (χ3n) is 3.44. The maximum atomic E-state index is 12.1. The van der Waals surface area contributed by atoms with Crippen LogP contribution in [0.25, 0.3) is 21.7 Å². The lowest BCUT2D eigenvalue weighted by atomic mass is 10.1. The van der Waals surface area contributed by atoms with E-state index in [0.29, 0.717) is 23.3 Å². The van der Waals surface area contributed by atoms with Crippen LogP contribution in [-0.4, -0.2) is 11.7 Å². The van der Waals surface area contributed by atoms with Gasteiger partial charge < -0.3 is 14.3 Å². The Morgan fingerprint density at radius 1 is 1.10 bits per heavy atom. The van der Waals surface area contributed by atoms with E-state index in [4.69, 9.17) is 9.15 Å². The first kappa shape index (κ1) is 13.5. The van der Waals surface area contributed by atoms with Crippen LogP contribution in [0.15, 0.2) is 45.6 Å². The SMILES string of the molecule is CCCCOc1ccc2c(c1)c(=O)oc1cc(O)ccc12. The van der Waals surface area contributed by atoms with Crippen molar-refractivity contribution in [2.24, 2.45) is 0 Å². The molecule has 4 heteroatoms. The molecule has 0 saturated carbocycles. The van der Waals surface area contributed by atoms with Gasteiger partial charge in [-0.1, -0.05) is 13.3 Å². The van der Waals surface area contributed by atoms with Gasteiger partial charge in [0.1, 0.15) is 17.1 Å². The molecule has 3 aromatic rings. The summed E-state index contributed by atoms with van der Waals surface area (Å²) in [7, 11) is 0. The summed E-state index contributed by atoms with van der Waals surface area (Å²) in [6.07, 6.45) is 2.04. The molecule has 0 unspecified atom stereocenters. The second kappa shape index (κ2) is 5.48. The molecule has 0 atom stereocenters. The van der Waals surface area contributed by atoms with Crippen LogP contribution in [0.2, 0.25) is 0 Å². The lowest BCUT2D eigenvalue weighted by Crippen LogP contribution is -2.01. The molecule has 1 N–H and O–H groups in total. The Hall–Kier alpha value is -2.49. The monoisotopic (exact) mass is 284 g/mol. The summed E-state index contributed by atoms with van der Waals surface area (Å²) in [5.74, 6) is 0.742. The highest BCUT2D eigenvalue weighted by atomic mass is 16.5. The average molecular weight is 284 g/mol. The summed E-state index contributed by atoms with van der Waals surface area (Å²) in [6, 6.07) is 10.2. The molecule has 1 aromatic heterocycles. The van der Waals surface area contributed by atoms with Gasteiger partial charge in [-0.25, -0.2) is 4.79 Å². The second-order valence-corrected chi connectivity index (χ2v) is 4.98. The number of rotatable bonds is 4. The van der Waals surface area contributed by atoms with E-state index in [1.807, 2.05) is 12.1 Å². The standard InChI is InChI=1S/C17H16O4/c1-2-3-8-20-12-5-7-13-14-6-4-11(18)9-16(14)21-17(19)15(13)10-12/h4-7,9-10,18H,2-3,8H2,1H3. The van der Waals surface area contributed by atoms with E-state index in [9.17, 15) is 9.90 Å². The van der Waals surface area contributed by atoms with E-state index >= 15 is 0 Å². The van der Waals surface area contributed by atoms with E-state index in [2.05, 4.69) is 6.92 Å². The molecule has 2 aromatic carbocycles. The van der Waals surface area contributed by atoms with Crippen molar-refractivity contribution in [3.63, 3.8) is 0 Å². The van der Waals surface area contributed by atoms with Gasteiger partial charge in [0, 0.05) is 16.8 Å². The number of hydrogen-bond donors (Lipinski definition) is 1. The van der Waals surface area contributed by atoms with Crippen molar-refractivity contribution in [3.05, 3.63) is 46.8 Å². The minimum absolute atomic E-state index is 0.0736. The molecule has 0 aliphatic heterocycles. The normalized spacial score (nSPS) is 11.1. The highest BCUT2D eigenvalue weighted by molar-refractivity contribution is 6.04. The molecule has 0 amide bonds. The van der Waals surface area contributed by atoms with Gasteiger partial charge in [0.05, 0.1) is 12.0 Å². The molecule has 0 aliphatic carbocycles. The van der Waals surface area contributed by atoms with Crippen molar-refractivity contribution in [2.75, 3.05) is 6.61 Å². The average Bonchev–Trinajstić information content (AvgIpc) is 2.47. The van der Waals surface area contributed by atoms with Gasteiger partial charge in [0.2, 0.25) is 0 Å². The molecule has 0 bridgehead atoms. The number of aromatic hydroxyl groups is 1. The van der Waals surface area contributed by atoms with Gasteiger partial charge in [-0.3, -0.25) is 0 Å². The zero-order valence-electron chi connectivity index (χ0n) is 11.8. The van der Waals surface area contributed by atoms with Crippen LogP contribution in [0.4, 0.5) is 0 Å². The van der Waals surface area contributed by atoms with Crippen LogP contribution < -0.4 is 10.4 Å². The van der Waals surface area contributed by atoms with Gasteiger partial charge in [-0.15, -0.1) is 0 Å². The van der Waals surface area contributed by atoms with Gasteiger partial charge in [-0.05, 0) is 36.8 Å². The summed E-state index contributed by atoms with van der Waals surface area (Å²) in [5.41, 5.74) is -0.0452. The summed E-state index contributed by atoms with van der Waals surface area (Å²) in [4.78, 5) is 12.1. The van der Waals surface area contributed by atoms with E-state index in [1.165, 1.54) is 6.07 Å². The number of phenolic OH excluding ortho intramolecular Hbond substituents is 1. The van der Waals surface area contributed by atoms with Crippen molar-refractivity contribution in [2.45, 2.75) is 19.8 Å². The first-order valence-corrected chi connectivity index (χ1v) is 7.01. The molecule has 0 fully saturated rings. The number of fused-ring (bicyclic) bond motifs is 3. The Balaban J connectivity index is 2.13. The van der Waals surface area contributed by atoms with Crippen LogP contribution in [0.5, 0.6) is 11.5 Å². The summed E-state index contributed by atoms with van der Waals surface area (Å²) in [5, 5.41) is 11.6. The van der Waals surface area contributed by atoms with Gasteiger partial charge in [0.25, 0.3) is 0 Å². The van der Waals surface area contributed by atoms with Crippen LogP contribution in [-0.2, 0) is 0 Å². The fourth-order valence-electron chi connectivity index (χ4n) is 2.32. The van der Waals surface area contributed by atoms with Crippen molar-refractivity contribution in [3.8, 4) is 11.5 Å². The van der Waals surface area contributed by atoms with Crippen LogP contribution in [0.3, 0.4) is 0 Å². The highest BCUT2D eigenvalue weighted by Crippen LogP contribution is 2.28. The van der Waals surface area contributed by atoms with Gasteiger partial charge in [-0.2, -0.15) is 0 Å². The molecule has 108 valence electrons. The van der Waals surface area contributed by atoms with Crippen LogP contribution in [0, 0.1) is 0 Å². The molecule has 1 heterocycles. The molecular formula is C17H16O4. The predicted molar refractivity (Wildman–Crippen MR) is 82.1 cm³/mol. The Bertz CT molecular complexity index is 848. The fraction of sp³-hybridized carbons (Fsp3) is 0.235. The third kappa shape index (κ3) is 2.57. The zero-order valence-corrected chi connectivity index (χ0v) is 11.8. The Morgan fingerprint density at radius 2 is 1.90 bits per heavy atom. The molecule has 4 nitrogen and oxygen atoms in total. The van der Waals surface area contributed by atoms with E-state index < -0.39 is 5.63 Å². The minimum Gasteiger partial charge on any atom is -0.508 e. The minimum atomic E-state index is -0.427. The molecule has 3 rings (SSSR count). The quantitative estimate of drug-likeness (QED) is 0.449. The fourth-order valence-corrected chi connectivity index (χ4v) is 2.32. The van der Waals surface area contributed by atoms with Crippen LogP contribution in [0.1, 0.15) is 19.8 Å². The van der Waals surface area contributed by atoms with E-state index in [0.717, 1.165) is 23.6 Å². The number of hydrogen-bond acceptors (Lipinski definition) is 4. The van der Waals surface area contributed by atoms with Crippen LogP contribution >= 0.6 is 0 Å². The van der Waals surface area contributed by atoms with Gasteiger partial charge >= 0.3 is 5.63 Å². The number of ether oxygens (including phenoxy) is 1. The highest BCUT2D eigenvalue weighted by Gasteiger charge is 2.09. The molecule has 21 heavy (non-hydrogen) atoms. The maximum Gasteiger partial charge on any atom is 0.344 e. The number of phenols is 1. The second-order valence-electron chi connectivity index (χ2n) is 4.98. The van der Waals surface area contributed by atoms with Crippen molar-refractivity contribution >= 4 is 21.7 Å². The largest absolute Gasteiger partial charge is 0.508 e. The first-order chi connectivity index (χ1) is 10.2. The number of unbranched alkanes of at least 4 members (excludes halogenated alkanes) is 1. The maximum absolute atomic E-state index is 12.1. The molecular weight excluding hydrogens is 268 g/mol. The van der Waals surface area contributed by atoms with Crippen molar-refractivity contribution < 1.29 is 14.3 Å². The topological polar surface area (TPSA) is 59.7 Å². The summed E-state index contributed by atoms with van der Waals surface area (Å²) >= 11 is 0. The lowest BCUT2D eigenvalue weighted by Gasteiger charge is -2.07. The molecule has 0 saturated heterocycles. The first-order valence-electron chi connectivity index (χ1n) is 7.01. The smallest absolute Gasteiger partial charge is 0.344 e. The van der Waals surface area contributed by atoms with Crippen molar-refractivity contribution in [1.29, 1.82) is 0 Å². The number of benzene rings is 2. The molecule has 0 aliphatic rings. The summed E-state index contributed by atoms with van der Waals surface area (Å²) < 4.78 is 10.9. The Morgan fingerprint density at radius 3 is 2.71 bits per heavy atom.